The Hall–Kier alpha value is -0.500. The van der Waals surface area contributed by atoms with Crippen molar-refractivity contribution < 1.29 is 0 Å². The minimum atomic E-state index is 0.480. The standard InChI is InChI=1S/C9H18N2/c1-8(2)10-5-9(3)6-11(4)7-9/h10H,1,5-7H2,2-4H3. The zero-order valence-corrected chi connectivity index (χ0v) is 7.78. The SMILES string of the molecule is C=C(C)NCC1(C)CN(C)C1. The first-order chi connectivity index (χ1) is 5.02. The van der Waals surface area contributed by atoms with Crippen LogP contribution in [0, 0.1) is 5.41 Å². The second kappa shape index (κ2) is 2.86. The molecule has 2 nitrogen and oxygen atoms in total. The summed E-state index contributed by atoms with van der Waals surface area (Å²) in [5.74, 6) is 0. The lowest BCUT2D eigenvalue weighted by molar-refractivity contribution is 0.0419. The van der Waals surface area contributed by atoms with E-state index in [4.69, 9.17) is 0 Å². The summed E-state index contributed by atoms with van der Waals surface area (Å²) in [5, 5.41) is 3.29. The fourth-order valence-electron chi connectivity index (χ4n) is 1.73. The number of nitrogens with one attached hydrogen (secondary N) is 1. The predicted molar refractivity (Wildman–Crippen MR) is 48.4 cm³/mol. The van der Waals surface area contributed by atoms with Gasteiger partial charge in [-0.05, 0) is 14.0 Å². The van der Waals surface area contributed by atoms with Gasteiger partial charge in [0.1, 0.15) is 0 Å². The zero-order valence-electron chi connectivity index (χ0n) is 7.78. The zero-order chi connectivity index (χ0) is 8.48. The molecule has 0 atom stereocenters. The average Bonchev–Trinajstić information content (AvgIpc) is 1.81. The maximum absolute atomic E-state index is 3.81. The molecule has 0 aromatic carbocycles. The molecule has 1 fully saturated rings. The highest BCUT2D eigenvalue weighted by molar-refractivity contribution is 4.95. The van der Waals surface area contributed by atoms with Crippen LogP contribution in [0.5, 0.6) is 0 Å². The molecule has 11 heavy (non-hydrogen) atoms. The molecule has 0 amide bonds. The van der Waals surface area contributed by atoms with Crippen LogP contribution in [-0.2, 0) is 0 Å². The Bertz CT molecular complexity index is 157. The van der Waals surface area contributed by atoms with Gasteiger partial charge in [-0.15, -0.1) is 0 Å². The summed E-state index contributed by atoms with van der Waals surface area (Å²) in [7, 11) is 2.16. The van der Waals surface area contributed by atoms with E-state index in [1.807, 2.05) is 6.92 Å². The molecule has 1 aliphatic heterocycles. The summed E-state index contributed by atoms with van der Waals surface area (Å²) < 4.78 is 0. The van der Waals surface area contributed by atoms with E-state index in [1.54, 1.807) is 0 Å². The molecule has 2 heteroatoms. The molecule has 1 heterocycles. The smallest absolute Gasteiger partial charge is 0.0222 e. The quantitative estimate of drug-likeness (QED) is 0.654. The number of likely N-dealkylation sites (tertiary alicyclic amines) is 1. The average molecular weight is 154 g/mol. The normalized spacial score (nSPS) is 22.5. The molecule has 64 valence electrons. The molecular weight excluding hydrogens is 136 g/mol. The predicted octanol–water partition coefficient (Wildman–Crippen LogP) is 1.06. The first-order valence-corrected chi connectivity index (χ1v) is 4.10. The third kappa shape index (κ3) is 2.22. The van der Waals surface area contributed by atoms with Crippen molar-refractivity contribution in [3.8, 4) is 0 Å². The highest BCUT2D eigenvalue weighted by atomic mass is 15.2. The van der Waals surface area contributed by atoms with Gasteiger partial charge in [-0.3, -0.25) is 0 Å². The third-order valence-corrected chi connectivity index (χ3v) is 2.12. The highest BCUT2D eigenvalue weighted by Crippen LogP contribution is 2.27. The van der Waals surface area contributed by atoms with Gasteiger partial charge in [-0.1, -0.05) is 13.5 Å². The van der Waals surface area contributed by atoms with Gasteiger partial charge >= 0.3 is 0 Å². The van der Waals surface area contributed by atoms with E-state index in [-0.39, 0.29) is 0 Å². The first-order valence-electron chi connectivity index (χ1n) is 4.10. The maximum Gasteiger partial charge on any atom is 0.0222 e. The lowest BCUT2D eigenvalue weighted by Gasteiger charge is -2.46. The van der Waals surface area contributed by atoms with E-state index in [2.05, 4.69) is 30.8 Å². The molecule has 1 N–H and O–H groups in total. The first kappa shape index (κ1) is 8.60. The summed E-state index contributed by atoms with van der Waals surface area (Å²) >= 11 is 0. The topological polar surface area (TPSA) is 15.3 Å². The minimum absolute atomic E-state index is 0.480. The van der Waals surface area contributed by atoms with Crippen molar-refractivity contribution in [3.05, 3.63) is 12.3 Å². The summed E-state index contributed by atoms with van der Waals surface area (Å²) in [6.07, 6.45) is 0. The van der Waals surface area contributed by atoms with Crippen molar-refractivity contribution in [1.29, 1.82) is 0 Å². The molecule has 0 spiro atoms. The van der Waals surface area contributed by atoms with E-state index in [9.17, 15) is 0 Å². The van der Waals surface area contributed by atoms with Gasteiger partial charge < -0.3 is 10.2 Å². The number of nitrogens with zero attached hydrogens (tertiary/aromatic N) is 1. The lowest BCUT2D eigenvalue weighted by Crippen LogP contribution is -2.56. The molecule has 1 rings (SSSR count). The van der Waals surface area contributed by atoms with Gasteiger partial charge in [0.25, 0.3) is 0 Å². The largest absolute Gasteiger partial charge is 0.388 e. The second-order valence-electron chi connectivity index (χ2n) is 4.12. The van der Waals surface area contributed by atoms with Crippen molar-refractivity contribution in [2.75, 3.05) is 26.7 Å². The number of hydrogen-bond acceptors (Lipinski definition) is 2. The monoisotopic (exact) mass is 154 g/mol. The molecular formula is C9H18N2. The van der Waals surface area contributed by atoms with Crippen LogP contribution in [0.3, 0.4) is 0 Å². The Labute approximate surface area is 69.3 Å². The maximum atomic E-state index is 3.81. The summed E-state index contributed by atoms with van der Waals surface area (Å²) in [6, 6.07) is 0. The van der Waals surface area contributed by atoms with Crippen LogP contribution in [0.1, 0.15) is 13.8 Å². The van der Waals surface area contributed by atoms with Gasteiger partial charge in [0.2, 0.25) is 0 Å². The summed E-state index contributed by atoms with van der Waals surface area (Å²) in [6.45, 7) is 11.6. The van der Waals surface area contributed by atoms with E-state index < -0.39 is 0 Å². The van der Waals surface area contributed by atoms with Crippen LogP contribution in [0.2, 0.25) is 0 Å². The minimum Gasteiger partial charge on any atom is -0.388 e. The number of allylic oxidation sites excluding steroid dienone is 1. The van der Waals surface area contributed by atoms with Crippen LogP contribution >= 0.6 is 0 Å². The molecule has 1 saturated heterocycles. The molecule has 0 aromatic heterocycles. The molecule has 0 unspecified atom stereocenters. The van der Waals surface area contributed by atoms with E-state index in [0.29, 0.717) is 5.41 Å². The highest BCUT2D eigenvalue weighted by Gasteiger charge is 2.35. The molecule has 0 radical (unpaired) electrons. The van der Waals surface area contributed by atoms with Crippen LogP contribution in [-0.4, -0.2) is 31.6 Å². The van der Waals surface area contributed by atoms with Gasteiger partial charge in [0, 0.05) is 30.7 Å². The molecule has 1 aliphatic rings. The Kier molecular flexibility index (Phi) is 2.23. The fourth-order valence-corrected chi connectivity index (χ4v) is 1.73. The Morgan fingerprint density at radius 2 is 2.18 bits per heavy atom. The fraction of sp³-hybridized carbons (Fsp3) is 0.778. The van der Waals surface area contributed by atoms with Gasteiger partial charge in [0.15, 0.2) is 0 Å². The van der Waals surface area contributed by atoms with E-state index >= 15 is 0 Å². The van der Waals surface area contributed by atoms with Crippen molar-refractivity contribution in [2.45, 2.75) is 13.8 Å². The Morgan fingerprint density at radius 1 is 1.64 bits per heavy atom. The second-order valence-corrected chi connectivity index (χ2v) is 4.12. The number of rotatable bonds is 3. The van der Waals surface area contributed by atoms with Crippen molar-refractivity contribution in [3.63, 3.8) is 0 Å². The molecule has 0 aromatic rings. The summed E-state index contributed by atoms with van der Waals surface area (Å²) in [5.41, 5.74) is 1.55. The Morgan fingerprint density at radius 3 is 2.55 bits per heavy atom. The lowest BCUT2D eigenvalue weighted by atomic mass is 9.82. The van der Waals surface area contributed by atoms with Crippen LogP contribution in [0.15, 0.2) is 12.3 Å². The van der Waals surface area contributed by atoms with Crippen LogP contribution in [0.25, 0.3) is 0 Å². The summed E-state index contributed by atoms with van der Waals surface area (Å²) in [4.78, 5) is 2.33. The number of hydrogen-bond donors (Lipinski definition) is 1. The van der Waals surface area contributed by atoms with Gasteiger partial charge in [-0.2, -0.15) is 0 Å². The van der Waals surface area contributed by atoms with Gasteiger partial charge in [0.05, 0.1) is 0 Å². The van der Waals surface area contributed by atoms with Gasteiger partial charge in [-0.25, -0.2) is 0 Å². The van der Waals surface area contributed by atoms with Crippen LogP contribution < -0.4 is 5.32 Å². The molecule has 0 bridgehead atoms. The molecule has 0 saturated carbocycles. The Balaban J connectivity index is 2.21. The third-order valence-electron chi connectivity index (χ3n) is 2.12. The molecule has 0 aliphatic carbocycles. The van der Waals surface area contributed by atoms with Crippen molar-refractivity contribution in [1.82, 2.24) is 10.2 Å². The van der Waals surface area contributed by atoms with E-state index in [0.717, 1.165) is 12.2 Å². The van der Waals surface area contributed by atoms with Crippen molar-refractivity contribution in [2.24, 2.45) is 5.41 Å². The van der Waals surface area contributed by atoms with Crippen LogP contribution in [0.4, 0.5) is 0 Å². The van der Waals surface area contributed by atoms with Crippen molar-refractivity contribution >= 4 is 0 Å². The van der Waals surface area contributed by atoms with E-state index in [1.165, 1.54) is 13.1 Å².